The highest BCUT2D eigenvalue weighted by Crippen LogP contribution is 2.34. The van der Waals surface area contributed by atoms with Gasteiger partial charge in [-0.25, -0.2) is 4.79 Å². The van der Waals surface area contributed by atoms with E-state index in [1.807, 2.05) is 53.4 Å². The molecule has 1 aliphatic rings. The summed E-state index contributed by atoms with van der Waals surface area (Å²) in [5, 5.41) is 5.60. The summed E-state index contributed by atoms with van der Waals surface area (Å²) in [6, 6.07) is 18.8. The number of fused-ring (bicyclic) bond motifs is 1. The van der Waals surface area contributed by atoms with Crippen LogP contribution in [0.3, 0.4) is 0 Å². The van der Waals surface area contributed by atoms with Gasteiger partial charge >= 0.3 is 6.03 Å². The number of amides is 3. The quantitative estimate of drug-likeness (QED) is 0.696. The third-order valence-electron chi connectivity index (χ3n) is 5.06. The Morgan fingerprint density at radius 1 is 1.03 bits per heavy atom. The molecule has 2 aromatic carbocycles. The van der Waals surface area contributed by atoms with Crippen molar-refractivity contribution in [2.45, 2.75) is 32.5 Å². The summed E-state index contributed by atoms with van der Waals surface area (Å²) in [5.74, 6) is 0.694. The number of anilines is 1. The number of benzene rings is 2. The van der Waals surface area contributed by atoms with Gasteiger partial charge in [0.2, 0.25) is 0 Å². The third-order valence-corrected chi connectivity index (χ3v) is 5.06. The van der Waals surface area contributed by atoms with E-state index in [4.69, 9.17) is 4.42 Å². The number of carbonyl (C=O) groups excluding carboxylic acids is 2. The molecule has 148 valence electrons. The van der Waals surface area contributed by atoms with Gasteiger partial charge in [-0.2, -0.15) is 0 Å². The Kier molecular flexibility index (Phi) is 5.33. The summed E-state index contributed by atoms with van der Waals surface area (Å²) in [5.41, 5.74) is 3.68. The Bertz CT molecular complexity index is 999. The topological polar surface area (TPSA) is 74.6 Å². The monoisotopic (exact) mass is 389 g/mol. The minimum Gasteiger partial charge on any atom is -0.467 e. The highest BCUT2D eigenvalue weighted by Gasteiger charge is 2.31. The number of urea groups is 1. The summed E-state index contributed by atoms with van der Waals surface area (Å²) in [6.45, 7) is 2.76. The van der Waals surface area contributed by atoms with Crippen molar-refractivity contribution >= 4 is 17.6 Å². The highest BCUT2D eigenvalue weighted by atomic mass is 16.3. The summed E-state index contributed by atoms with van der Waals surface area (Å²) in [6.07, 6.45) is 2.40. The molecule has 0 fully saturated rings. The van der Waals surface area contributed by atoms with E-state index in [2.05, 4.69) is 17.6 Å². The molecule has 2 heterocycles. The van der Waals surface area contributed by atoms with E-state index in [9.17, 15) is 9.59 Å². The lowest BCUT2D eigenvalue weighted by Crippen LogP contribution is -2.36. The Balaban J connectivity index is 1.43. The lowest BCUT2D eigenvalue weighted by atomic mass is 10.1. The van der Waals surface area contributed by atoms with Crippen LogP contribution in [0, 0.1) is 0 Å². The molecule has 3 aromatic rings. The van der Waals surface area contributed by atoms with Crippen molar-refractivity contribution in [3.05, 3.63) is 89.4 Å². The normalized spacial score (nSPS) is 15.1. The van der Waals surface area contributed by atoms with Gasteiger partial charge in [0.15, 0.2) is 0 Å². The molecule has 1 atom stereocenters. The van der Waals surface area contributed by atoms with Gasteiger partial charge in [0.25, 0.3) is 5.91 Å². The van der Waals surface area contributed by atoms with Crippen molar-refractivity contribution in [3.8, 4) is 0 Å². The van der Waals surface area contributed by atoms with Gasteiger partial charge in [-0.1, -0.05) is 30.3 Å². The fourth-order valence-corrected chi connectivity index (χ4v) is 3.62. The second-order valence-corrected chi connectivity index (χ2v) is 7.17. The minimum absolute atomic E-state index is 0.00171. The number of nitrogens with one attached hydrogen (secondary N) is 2. The third kappa shape index (κ3) is 4.16. The molecule has 4 rings (SSSR count). The van der Waals surface area contributed by atoms with Gasteiger partial charge in [0, 0.05) is 23.8 Å². The van der Waals surface area contributed by atoms with Crippen LogP contribution in [0.2, 0.25) is 0 Å². The van der Waals surface area contributed by atoms with Crippen molar-refractivity contribution in [1.29, 1.82) is 0 Å². The van der Waals surface area contributed by atoms with Crippen LogP contribution >= 0.6 is 0 Å². The Morgan fingerprint density at radius 2 is 1.83 bits per heavy atom. The fraction of sp³-hybridized carbons (Fsp3) is 0.217. The summed E-state index contributed by atoms with van der Waals surface area (Å²) in [7, 11) is 0. The second-order valence-electron chi connectivity index (χ2n) is 7.17. The molecule has 0 saturated carbocycles. The molecule has 6 nitrogen and oxygen atoms in total. The Hall–Kier alpha value is -3.54. The molecule has 0 bridgehead atoms. The summed E-state index contributed by atoms with van der Waals surface area (Å²) >= 11 is 0. The first-order chi connectivity index (χ1) is 14.1. The van der Waals surface area contributed by atoms with Crippen LogP contribution in [0.15, 0.2) is 71.3 Å². The van der Waals surface area contributed by atoms with E-state index in [0.29, 0.717) is 24.4 Å². The lowest BCUT2D eigenvalue weighted by molar-refractivity contribution is 0.0981. The van der Waals surface area contributed by atoms with Crippen molar-refractivity contribution in [2.75, 3.05) is 4.90 Å². The number of rotatable bonds is 5. The molecule has 0 spiro atoms. The van der Waals surface area contributed by atoms with Crippen molar-refractivity contribution < 1.29 is 14.0 Å². The average Bonchev–Trinajstić information content (AvgIpc) is 3.37. The smallest absolute Gasteiger partial charge is 0.315 e. The standard InChI is InChI=1S/C23H23N3O3/c1-16-12-19-10-9-17(14-24-23(28)25-15-20-8-5-11-29-20)13-21(19)26(16)22(27)18-6-3-2-4-7-18/h2-11,13,16H,12,14-15H2,1H3,(H2,24,25,28). The van der Waals surface area contributed by atoms with Gasteiger partial charge in [0.1, 0.15) is 5.76 Å². The predicted octanol–water partition coefficient (Wildman–Crippen LogP) is 3.87. The van der Waals surface area contributed by atoms with Gasteiger partial charge in [-0.15, -0.1) is 0 Å². The molecule has 3 amide bonds. The zero-order valence-corrected chi connectivity index (χ0v) is 16.2. The highest BCUT2D eigenvalue weighted by molar-refractivity contribution is 6.07. The average molecular weight is 389 g/mol. The van der Waals surface area contributed by atoms with Gasteiger partial charge in [0.05, 0.1) is 12.8 Å². The van der Waals surface area contributed by atoms with E-state index >= 15 is 0 Å². The molecule has 1 unspecified atom stereocenters. The van der Waals surface area contributed by atoms with Crippen LogP contribution in [-0.4, -0.2) is 18.0 Å². The number of furan rings is 1. The predicted molar refractivity (Wildman–Crippen MR) is 111 cm³/mol. The molecule has 0 aliphatic carbocycles. The van der Waals surface area contributed by atoms with Crippen LogP contribution in [0.4, 0.5) is 10.5 Å². The van der Waals surface area contributed by atoms with Gasteiger partial charge in [-0.05, 0) is 54.8 Å². The maximum absolute atomic E-state index is 13.0. The summed E-state index contributed by atoms with van der Waals surface area (Å²) < 4.78 is 5.20. The molecule has 6 heteroatoms. The molecule has 2 N–H and O–H groups in total. The summed E-state index contributed by atoms with van der Waals surface area (Å²) in [4.78, 5) is 26.9. The van der Waals surface area contributed by atoms with Crippen LogP contribution in [-0.2, 0) is 19.5 Å². The van der Waals surface area contributed by atoms with E-state index in [1.54, 1.807) is 18.4 Å². The van der Waals surface area contributed by atoms with Crippen molar-refractivity contribution in [1.82, 2.24) is 10.6 Å². The Morgan fingerprint density at radius 3 is 2.59 bits per heavy atom. The lowest BCUT2D eigenvalue weighted by Gasteiger charge is -2.23. The van der Waals surface area contributed by atoms with Crippen LogP contribution < -0.4 is 15.5 Å². The molecular formula is C23H23N3O3. The largest absolute Gasteiger partial charge is 0.467 e. The zero-order chi connectivity index (χ0) is 20.2. The molecule has 1 aromatic heterocycles. The first kappa shape index (κ1) is 18.8. The van der Waals surface area contributed by atoms with Crippen LogP contribution in [0.5, 0.6) is 0 Å². The first-order valence-corrected chi connectivity index (χ1v) is 9.66. The van der Waals surface area contributed by atoms with Crippen LogP contribution in [0.25, 0.3) is 0 Å². The fourth-order valence-electron chi connectivity index (χ4n) is 3.62. The molecule has 0 saturated heterocycles. The second kappa shape index (κ2) is 8.22. The van der Waals surface area contributed by atoms with E-state index in [-0.39, 0.29) is 18.0 Å². The van der Waals surface area contributed by atoms with Crippen molar-refractivity contribution in [2.24, 2.45) is 0 Å². The number of hydrogen-bond donors (Lipinski definition) is 2. The number of hydrogen-bond acceptors (Lipinski definition) is 3. The van der Waals surface area contributed by atoms with E-state index in [1.165, 1.54) is 0 Å². The number of nitrogens with zero attached hydrogens (tertiary/aromatic N) is 1. The molecular weight excluding hydrogens is 366 g/mol. The SMILES string of the molecule is CC1Cc2ccc(CNC(=O)NCc3ccco3)cc2N1C(=O)c1ccccc1. The first-order valence-electron chi connectivity index (χ1n) is 9.66. The van der Waals surface area contributed by atoms with E-state index < -0.39 is 0 Å². The zero-order valence-electron chi connectivity index (χ0n) is 16.2. The van der Waals surface area contributed by atoms with Gasteiger partial charge in [-0.3, -0.25) is 4.79 Å². The minimum atomic E-state index is -0.271. The number of carbonyl (C=O) groups is 2. The maximum Gasteiger partial charge on any atom is 0.315 e. The van der Waals surface area contributed by atoms with Gasteiger partial charge < -0.3 is 20.0 Å². The van der Waals surface area contributed by atoms with Crippen LogP contribution in [0.1, 0.15) is 34.2 Å². The molecule has 1 aliphatic heterocycles. The maximum atomic E-state index is 13.0. The Labute approximate surface area is 169 Å². The van der Waals surface area contributed by atoms with Crippen molar-refractivity contribution in [3.63, 3.8) is 0 Å². The molecule has 0 radical (unpaired) electrons. The van der Waals surface area contributed by atoms with E-state index in [0.717, 1.165) is 23.2 Å². The molecule has 29 heavy (non-hydrogen) atoms.